The SMILES string of the molecule is CCc1ccc(C)c2c1CC1C3CC(C(OC(=O)C4=CCC=CC=C4)C3OC(=O)c3ccccc3)C21. The van der Waals surface area contributed by atoms with Crippen LogP contribution in [0.1, 0.15) is 58.3 Å². The van der Waals surface area contributed by atoms with E-state index in [0.29, 0.717) is 29.4 Å². The minimum Gasteiger partial charge on any atom is -0.455 e. The average Bonchev–Trinajstić information content (AvgIpc) is 3.47. The van der Waals surface area contributed by atoms with E-state index in [0.717, 1.165) is 19.3 Å². The van der Waals surface area contributed by atoms with Crippen molar-refractivity contribution in [2.75, 3.05) is 0 Å². The van der Waals surface area contributed by atoms with E-state index in [2.05, 4.69) is 26.0 Å². The number of fused-ring (bicyclic) bond motifs is 7. The van der Waals surface area contributed by atoms with Crippen molar-refractivity contribution in [2.45, 2.75) is 57.7 Å². The first-order valence-electron chi connectivity index (χ1n) is 13.2. The lowest BCUT2D eigenvalue weighted by Crippen LogP contribution is -2.45. The van der Waals surface area contributed by atoms with Gasteiger partial charge in [-0.3, -0.25) is 0 Å². The summed E-state index contributed by atoms with van der Waals surface area (Å²) in [6.45, 7) is 4.42. The van der Waals surface area contributed by atoms with Gasteiger partial charge in [0, 0.05) is 11.8 Å². The highest BCUT2D eigenvalue weighted by Gasteiger charge is 2.64. The third-order valence-electron chi connectivity index (χ3n) is 8.74. The molecule has 6 unspecified atom stereocenters. The number of hydrogen-bond acceptors (Lipinski definition) is 4. The fourth-order valence-corrected chi connectivity index (χ4v) is 7.23. The summed E-state index contributed by atoms with van der Waals surface area (Å²) >= 11 is 0. The zero-order valence-corrected chi connectivity index (χ0v) is 20.9. The van der Waals surface area contributed by atoms with Gasteiger partial charge in [-0.2, -0.15) is 0 Å². The van der Waals surface area contributed by atoms with Crippen LogP contribution in [0, 0.1) is 24.7 Å². The average molecular weight is 481 g/mol. The molecule has 0 amide bonds. The largest absolute Gasteiger partial charge is 0.455 e. The van der Waals surface area contributed by atoms with Crippen LogP contribution in [0.15, 0.2) is 78.4 Å². The summed E-state index contributed by atoms with van der Waals surface area (Å²) in [6, 6.07) is 13.6. The second-order valence-corrected chi connectivity index (χ2v) is 10.5. The molecule has 4 nitrogen and oxygen atoms in total. The third kappa shape index (κ3) is 3.75. The topological polar surface area (TPSA) is 52.6 Å². The van der Waals surface area contributed by atoms with Crippen LogP contribution in [0.3, 0.4) is 0 Å². The molecule has 2 fully saturated rings. The highest BCUT2D eigenvalue weighted by molar-refractivity contribution is 5.92. The van der Waals surface area contributed by atoms with E-state index in [1.54, 1.807) is 18.2 Å². The monoisotopic (exact) mass is 480 g/mol. The smallest absolute Gasteiger partial charge is 0.338 e. The molecule has 4 aliphatic rings. The van der Waals surface area contributed by atoms with E-state index >= 15 is 0 Å². The predicted molar refractivity (Wildman–Crippen MR) is 139 cm³/mol. The fourth-order valence-electron chi connectivity index (χ4n) is 7.23. The van der Waals surface area contributed by atoms with Crippen molar-refractivity contribution in [1.29, 1.82) is 0 Å². The second-order valence-electron chi connectivity index (χ2n) is 10.5. The highest BCUT2D eigenvalue weighted by atomic mass is 16.6. The van der Waals surface area contributed by atoms with Gasteiger partial charge in [-0.15, -0.1) is 0 Å². The number of rotatable bonds is 5. The van der Waals surface area contributed by atoms with Gasteiger partial charge in [-0.25, -0.2) is 9.59 Å². The first kappa shape index (κ1) is 23.0. The lowest BCUT2D eigenvalue weighted by Gasteiger charge is -2.37. The molecule has 2 saturated carbocycles. The van der Waals surface area contributed by atoms with Gasteiger partial charge in [-0.1, -0.05) is 61.6 Å². The Balaban J connectivity index is 1.34. The van der Waals surface area contributed by atoms with Crippen LogP contribution in [-0.4, -0.2) is 24.1 Å². The maximum atomic E-state index is 13.3. The summed E-state index contributed by atoms with van der Waals surface area (Å²) in [7, 11) is 0. The molecule has 36 heavy (non-hydrogen) atoms. The summed E-state index contributed by atoms with van der Waals surface area (Å²) in [5, 5.41) is 0. The number of ether oxygens (including phenoxy) is 2. The maximum Gasteiger partial charge on any atom is 0.338 e. The van der Waals surface area contributed by atoms with E-state index in [-0.39, 0.29) is 23.8 Å². The molecule has 0 saturated heterocycles. The molecule has 0 spiro atoms. The van der Waals surface area contributed by atoms with Gasteiger partial charge in [-0.05, 0) is 84.9 Å². The Morgan fingerprint density at radius 1 is 0.917 bits per heavy atom. The second kappa shape index (κ2) is 9.24. The Morgan fingerprint density at radius 3 is 2.50 bits per heavy atom. The molecule has 184 valence electrons. The molecule has 0 aromatic heterocycles. The standard InChI is InChI=1S/C32H32O4/c1-3-20-16-15-19(2)27-23(20)17-24-25-18-26(28(24)27)30(36-32(34)21-11-7-4-5-8-12-21)29(25)35-31(33)22-13-9-6-10-14-22/h4-7,9-16,24-26,28-30H,3,8,17-18H2,1-2H3. The van der Waals surface area contributed by atoms with Gasteiger partial charge in [0.1, 0.15) is 12.2 Å². The number of carbonyl (C=O) groups excluding carboxylic acids is 2. The van der Waals surface area contributed by atoms with Crippen LogP contribution in [0.4, 0.5) is 0 Å². The summed E-state index contributed by atoms with van der Waals surface area (Å²) in [5.41, 5.74) is 6.76. The summed E-state index contributed by atoms with van der Waals surface area (Å²) in [6.07, 6.45) is 12.3. The van der Waals surface area contributed by atoms with E-state index < -0.39 is 12.2 Å². The molecule has 6 atom stereocenters. The molecule has 2 aromatic rings. The van der Waals surface area contributed by atoms with Crippen LogP contribution in [0.2, 0.25) is 0 Å². The minimum atomic E-state index is -0.447. The van der Waals surface area contributed by atoms with Crippen molar-refractivity contribution in [3.8, 4) is 0 Å². The molecule has 4 aliphatic carbocycles. The summed E-state index contributed by atoms with van der Waals surface area (Å²) in [4.78, 5) is 26.4. The highest BCUT2D eigenvalue weighted by Crippen LogP contribution is 2.63. The molecule has 2 bridgehead atoms. The van der Waals surface area contributed by atoms with Crippen molar-refractivity contribution >= 4 is 11.9 Å². The maximum absolute atomic E-state index is 13.3. The molecule has 0 heterocycles. The Morgan fingerprint density at radius 2 is 1.69 bits per heavy atom. The number of allylic oxidation sites excluding steroid dienone is 4. The lowest BCUT2D eigenvalue weighted by atomic mass is 9.76. The van der Waals surface area contributed by atoms with Gasteiger partial charge in [0.25, 0.3) is 0 Å². The van der Waals surface area contributed by atoms with Crippen molar-refractivity contribution in [1.82, 2.24) is 0 Å². The van der Waals surface area contributed by atoms with Gasteiger partial charge < -0.3 is 9.47 Å². The molecule has 0 radical (unpaired) electrons. The van der Waals surface area contributed by atoms with Gasteiger partial charge in [0.05, 0.1) is 11.1 Å². The number of carbonyl (C=O) groups is 2. The third-order valence-corrected chi connectivity index (χ3v) is 8.74. The van der Waals surface area contributed by atoms with E-state index in [1.807, 2.05) is 42.5 Å². The Labute approximate surface area is 212 Å². The van der Waals surface area contributed by atoms with E-state index in [1.165, 1.54) is 22.3 Å². The van der Waals surface area contributed by atoms with Crippen LogP contribution >= 0.6 is 0 Å². The van der Waals surface area contributed by atoms with Gasteiger partial charge in [0.2, 0.25) is 0 Å². The van der Waals surface area contributed by atoms with E-state index in [9.17, 15) is 9.59 Å². The first-order valence-corrected chi connectivity index (χ1v) is 13.2. The molecular formula is C32H32O4. The van der Waals surface area contributed by atoms with Crippen molar-refractivity contribution in [3.05, 3.63) is 106 Å². The Kier molecular flexibility index (Phi) is 5.91. The number of esters is 2. The van der Waals surface area contributed by atoms with Gasteiger partial charge in [0.15, 0.2) is 0 Å². The first-order chi connectivity index (χ1) is 17.6. The number of benzene rings is 2. The van der Waals surface area contributed by atoms with Crippen LogP contribution in [0.25, 0.3) is 0 Å². The molecule has 2 aromatic carbocycles. The Hall–Kier alpha value is -3.40. The van der Waals surface area contributed by atoms with Gasteiger partial charge >= 0.3 is 11.9 Å². The van der Waals surface area contributed by atoms with Crippen LogP contribution in [-0.2, 0) is 27.1 Å². The van der Waals surface area contributed by atoms with Crippen molar-refractivity contribution in [3.63, 3.8) is 0 Å². The normalized spacial score (nSPS) is 29.3. The number of hydrogen-bond donors (Lipinski definition) is 0. The zero-order valence-electron chi connectivity index (χ0n) is 20.9. The predicted octanol–water partition coefficient (Wildman–Crippen LogP) is 6.04. The lowest BCUT2D eigenvalue weighted by molar-refractivity contribution is -0.156. The fraction of sp³-hybridized carbons (Fsp3) is 0.375. The van der Waals surface area contributed by atoms with Crippen molar-refractivity contribution < 1.29 is 19.1 Å². The molecule has 0 aliphatic heterocycles. The van der Waals surface area contributed by atoms with Crippen molar-refractivity contribution in [2.24, 2.45) is 17.8 Å². The van der Waals surface area contributed by atoms with Crippen LogP contribution in [0.5, 0.6) is 0 Å². The molecule has 6 rings (SSSR count). The van der Waals surface area contributed by atoms with Crippen LogP contribution < -0.4 is 0 Å². The minimum absolute atomic E-state index is 0.151. The molecule has 4 heteroatoms. The molecular weight excluding hydrogens is 448 g/mol. The summed E-state index contributed by atoms with van der Waals surface area (Å²) < 4.78 is 12.4. The number of aryl methyl sites for hydroxylation is 2. The summed E-state index contributed by atoms with van der Waals surface area (Å²) in [5.74, 6) is 0.425. The Bertz CT molecular complexity index is 1280. The zero-order chi connectivity index (χ0) is 24.8. The quantitative estimate of drug-likeness (QED) is 0.490. The molecule has 0 N–H and O–H groups in total. The van der Waals surface area contributed by atoms with E-state index in [4.69, 9.17) is 9.47 Å².